The topological polar surface area (TPSA) is 170 Å². The van der Waals surface area contributed by atoms with Crippen molar-refractivity contribution in [1.29, 1.82) is 0 Å². The second kappa shape index (κ2) is 6.95. The predicted octanol–water partition coefficient (Wildman–Crippen LogP) is -0.929. The number of benzene rings is 1. The maximum Gasteiger partial charge on any atom is 0.416 e. The Kier molecular flexibility index (Phi) is 4.80. The lowest BCUT2D eigenvalue weighted by atomic mass is 9.79. The molecule has 0 bridgehead atoms. The Balaban J connectivity index is 1.66. The smallest absolute Gasteiger partial charge is 0.416 e. The average molecular weight is 458 g/mol. The molecule has 14 heteroatoms. The molecule has 11 nitrogen and oxygen atoms in total. The molecule has 0 aliphatic carbocycles. The van der Waals surface area contributed by atoms with E-state index in [9.17, 15) is 33.4 Å². The molecule has 1 saturated heterocycles. The van der Waals surface area contributed by atoms with E-state index in [0.29, 0.717) is 5.06 Å². The molecular weight excluding hydrogens is 437 g/mol. The fourth-order valence-corrected chi connectivity index (χ4v) is 4.59. The van der Waals surface area contributed by atoms with E-state index in [-0.39, 0.29) is 24.0 Å². The molecule has 5 atom stereocenters. The largest absolute Gasteiger partial charge is 0.454 e. The van der Waals surface area contributed by atoms with Crippen molar-refractivity contribution in [3.05, 3.63) is 35.4 Å². The molecule has 1 fully saturated rings. The van der Waals surface area contributed by atoms with Gasteiger partial charge in [0.05, 0.1) is 24.3 Å². The van der Waals surface area contributed by atoms with Crippen LogP contribution in [-0.4, -0.2) is 85.9 Å². The maximum atomic E-state index is 12.8. The molecule has 1 aromatic carbocycles. The number of nitrogens with two attached hydrogens (primary N) is 2. The zero-order chi connectivity index (χ0) is 23.6. The summed E-state index contributed by atoms with van der Waals surface area (Å²) in [6, 6.07) is 1.37. The van der Waals surface area contributed by atoms with Gasteiger partial charge in [0, 0.05) is 0 Å². The van der Waals surface area contributed by atoms with Crippen LogP contribution in [0, 0.1) is 0 Å². The Morgan fingerprint density at radius 1 is 1.25 bits per heavy atom. The van der Waals surface area contributed by atoms with Crippen molar-refractivity contribution in [3.8, 4) is 0 Å². The van der Waals surface area contributed by atoms with E-state index in [1.165, 1.54) is 11.8 Å². The zero-order valence-electron chi connectivity index (χ0n) is 16.7. The standard InChI is InChI=1S/C18H21F3N6O5/c1-16(30)11(32-13(29)8-2-4-9(5-3-8)18(19,20)21)6-26-14(22)24-10(7-28)12-17(16,26)27(31)15(23)25-12/h2-5,10-12,28,30-31H,6-7H2,1H3,(H2,22,24)(H2,23,25). The Morgan fingerprint density at radius 3 is 2.44 bits per heavy atom. The van der Waals surface area contributed by atoms with Crippen molar-refractivity contribution in [1.82, 2.24) is 9.96 Å². The van der Waals surface area contributed by atoms with Crippen LogP contribution in [0.25, 0.3) is 0 Å². The minimum Gasteiger partial charge on any atom is -0.454 e. The van der Waals surface area contributed by atoms with E-state index in [1.54, 1.807) is 0 Å². The van der Waals surface area contributed by atoms with Gasteiger partial charge in [0.15, 0.2) is 12.1 Å². The number of guanidine groups is 2. The van der Waals surface area contributed by atoms with Crippen LogP contribution in [0.15, 0.2) is 34.3 Å². The summed E-state index contributed by atoms with van der Waals surface area (Å²) in [6.45, 7) is 0.524. The minimum atomic E-state index is -4.57. The van der Waals surface area contributed by atoms with E-state index < -0.39 is 53.8 Å². The van der Waals surface area contributed by atoms with E-state index in [4.69, 9.17) is 16.2 Å². The van der Waals surface area contributed by atoms with Gasteiger partial charge in [-0.1, -0.05) is 0 Å². The number of carbonyl (C=O) groups excluding carboxylic acids is 1. The highest BCUT2D eigenvalue weighted by atomic mass is 19.4. The van der Waals surface area contributed by atoms with Crippen molar-refractivity contribution in [2.75, 3.05) is 13.2 Å². The van der Waals surface area contributed by atoms with E-state index in [1.807, 2.05) is 0 Å². The monoisotopic (exact) mass is 458 g/mol. The van der Waals surface area contributed by atoms with Crippen molar-refractivity contribution in [2.24, 2.45) is 21.5 Å². The van der Waals surface area contributed by atoms with Crippen molar-refractivity contribution in [3.63, 3.8) is 0 Å². The molecule has 32 heavy (non-hydrogen) atoms. The maximum absolute atomic E-state index is 12.8. The van der Waals surface area contributed by atoms with Gasteiger partial charge in [0.1, 0.15) is 17.7 Å². The van der Waals surface area contributed by atoms with E-state index in [0.717, 1.165) is 24.3 Å². The van der Waals surface area contributed by atoms with Crippen molar-refractivity contribution in [2.45, 2.75) is 42.6 Å². The van der Waals surface area contributed by atoms with Crippen LogP contribution in [0.2, 0.25) is 0 Å². The highest BCUT2D eigenvalue weighted by Crippen LogP contribution is 2.50. The van der Waals surface area contributed by atoms with Gasteiger partial charge >= 0.3 is 12.1 Å². The zero-order valence-corrected chi connectivity index (χ0v) is 16.7. The number of hydroxylamine groups is 2. The molecular formula is C18H21F3N6O5. The molecule has 1 aromatic rings. The molecule has 7 N–H and O–H groups in total. The van der Waals surface area contributed by atoms with Crippen LogP contribution in [0.4, 0.5) is 13.2 Å². The number of nitrogens with zero attached hydrogens (tertiary/aromatic N) is 4. The van der Waals surface area contributed by atoms with Gasteiger partial charge in [-0.15, -0.1) is 0 Å². The average Bonchev–Trinajstić information content (AvgIpc) is 3.13. The van der Waals surface area contributed by atoms with Crippen LogP contribution in [0.3, 0.4) is 0 Å². The first-order valence-electron chi connectivity index (χ1n) is 9.50. The van der Waals surface area contributed by atoms with Gasteiger partial charge in [0.25, 0.3) is 0 Å². The van der Waals surface area contributed by atoms with Crippen LogP contribution in [-0.2, 0) is 10.9 Å². The van der Waals surface area contributed by atoms with Gasteiger partial charge in [0.2, 0.25) is 11.6 Å². The molecule has 3 aliphatic heterocycles. The van der Waals surface area contributed by atoms with Crippen molar-refractivity contribution >= 4 is 17.9 Å². The normalized spacial score (nSPS) is 34.0. The quantitative estimate of drug-likeness (QED) is 0.359. The summed E-state index contributed by atoms with van der Waals surface area (Å²) in [6.07, 6.45) is -5.89. The van der Waals surface area contributed by atoms with Gasteiger partial charge in [-0.25, -0.2) is 14.8 Å². The third kappa shape index (κ3) is 2.83. The first-order valence-corrected chi connectivity index (χ1v) is 9.50. The van der Waals surface area contributed by atoms with E-state index in [2.05, 4.69) is 9.98 Å². The molecule has 174 valence electrons. The number of esters is 1. The van der Waals surface area contributed by atoms with Crippen LogP contribution < -0.4 is 11.5 Å². The number of alkyl halides is 3. The summed E-state index contributed by atoms with van der Waals surface area (Å²) in [5.41, 5.74) is 6.79. The number of halogens is 3. The SMILES string of the molecule is CC1(O)C(OC(=O)c2ccc(C(F)(F)F)cc2)CN2C(N)=NC(CO)C3N=C(N)N(O)C321. The third-order valence-corrected chi connectivity index (χ3v) is 6.18. The lowest BCUT2D eigenvalue weighted by Gasteiger charge is -2.51. The number of rotatable bonds is 3. The molecule has 4 rings (SSSR count). The molecule has 0 amide bonds. The highest BCUT2D eigenvalue weighted by Gasteiger charge is 2.75. The molecule has 0 saturated carbocycles. The highest BCUT2D eigenvalue weighted by molar-refractivity contribution is 5.90. The molecule has 1 spiro atoms. The first-order chi connectivity index (χ1) is 14.9. The third-order valence-electron chi connectivity index (χ3n) is 6.18. The molecule has 0 radical (unpaired) electrons. The Bertz CT molecular complexity index is 998. The lowest BCUT2D eigenvalue weighted by molar-refractivity contribution is -0.228. The fourth-order valence-electron chi connectivity index (χ4n) is 4.59. The van der Waals surface area contributed by atoms with Gasteiger partial charge in [-0.2, -0.15) is 18.2 Å². The summed E-state index contributed by atoms with van der Waals surface area (Å²) >= 11 is 0. The van der Waals surface area contributed by atoms with Gasteiger partial charge in [-0.3, -0.25) is 5.21 Å². The number of aliphatic hydroxyl groups excluding tert-OH is 1. The van der Waals surface area contributed by atoms with Crippen LogP contribution in [0.1, 0.15) is 22.8 Å². The summed E-state index contributed by atoms with van der Waals surface area (Å²) in [7, 11) is 0. The first kappa shape index (κ1) is 22.1. The Hall–Kier alpha value is -3.10. The minimum absolute atomic E-state index is 0.155. The van der Waals surface area contributed by atoms with Gasteiger partial charge < -0.3 is 31.3 Å². The Morgan fingerprint density at radius 2 is 1.88 bits per heavy atom. The fraction of sp³-hybridized carbons (Fsp3) is 0.500. The lowest BCUT2D eigenvalue weighted by Crippen LogP contribution is -2.76. The second-order valence-corrected chi connectivity index (χ2v) is 7.93. The summed E-state index contributed by atoms with van der Waals surface area (Å²) in [5, 5.41) is 32.4. The predicted molar refractivity (Wildman–Crippen MR) is 102 cm³/mol. The molecule has 0 aromatic heterocycles. The summed E-state index contributed by atoms with van der Waals surface area (Å²) < 4.78 is 43.7. The summed E-state index contributed by atoms with van der Waals surface area (Å²) in [5.74, 6) is -1.52. The molecule has 5 unspecified atom stereocenters. The number of ether oxygens (including phenoxy) is 1. The summed E-state index contributed by atoms with van der Waals surface area (Å²) in [4.78, 5) is 22.1. The van der Waals surface area contributed by atoms with Gasteiger partial charge in [-0.05, 0) is 31.2 Å². The number of aliphatic imine (C=N–C) groups is 2. The van der Waals surface area contributed by atoms with Crippen LogP contribution in [0.5, 0.6) is 0 Å². The molecule has 3 aliphatic rings. The van der Waals surface area contributed by atoms with E-state index >= 15 is 0 Å². The number of carbonyl (C=O) groups is 1. The second-order valence-electron chi connectivity index (χ2n) is 7.93. The van der Waals surface area contributed by atoms with Crippen LogP contribution >= 0.6 is 0 Å². The number of aliphatic hydroxyl groups is 2. The Labute approximate surface area is 179 Å². The molecule has 3 heterocycles. The number of hydrogen-bond donors (Lipinski definition) is 5. The number of hydrogen-bond acceptors (Lipinski definition) is 11. The van der Waals surface area contributed by atoms with Crippen molar-refractivity contribution < 1.29 is 38.1 Å².